The number of carbonyl (C=O) groups excluding carboxylic acids is 2. The van der Waals surface area contributed by atoms with Gasteiger partial charge in [-0.05, 0) is 22.9 Å². The summed E-state index contributed by atoms with van der Waals surface area (Å²) >= 11 is 1.53. The van der Waals surface area contributed by atoms with Crippen LogP contribution >= 0.6 is 11.3 Å². The molecule has 8 heteroatoms. The lowest BCUT2D eigenvalue weighted by atomic mass is 10.0. The number of carbonyl (C=O) groups is 2. The Morgan fingerprint density at radius 1 is 1.21 bits per heavy atom. The van der Waals surface area contributed by atoms with E-state index in [0.717, 1.165) is 11.1 Å². The molecular formula is C20H21N3O4S. The van der Waals surface area contributed by atoms with Crippen molar-refractivity contribution >= 4 is 23.2 Å². The Kier molecular flexibility index (Phi) is 6.54. The van der Waals surface area contributed by atoms with Crippen LogP contribution in [0.25, 0.3) is 11.4 Å². The molecule has 1 atom stereocenters. The van der Waals surface area contributed by atoms with Crippen LogP contribution in [0.4, 0.5) is 0 Å². The number of hydrogen-bond acceptors (Lipinski definition) is 7. The molecule has 0 fully saturated rings. The largest absolute Gasteiger partial charge is 0.454 e. The highest BCUT2D eigenvalue weighted by atomic mass is 32.1. The number of hydrogen-bond donors (Lipinski definition) is 1. The molecule has 0 bridgehead atoms. The van der Waals surface area contributed by atoms with Crippen molar-refractivity contribution in [2.45, 2.75) is 32.9 Å². The SMILES string of the molecule is CC(C)[C@@H](NC(=O)Cc1ccccc1)C(=O)OCc1nc(-c2ccsc2)no1. The first-order valence-corrected chi connectivity index (χ1v) is 9.82. The van der Waals surface area contributed by atoms with E-state index in [-0.39, 0.29) is 30.7 Å². The number of ether oxygens (including phenoxy) is 1. The number of benzene rings is 1. The van der Waals surface area contributed by atoms with Crippen LogP contribution in [0.5, 0.6) is 0 Å². The molecule has 3 aromatic rings. The molecule has 0 unspecified atom stereocenters. The number of nitrogens with one attached hydrogen (secondary N) is 1. The smallest absolute Gasteiger partial charge is 0.329 e. The maximum Gasteiger partial charge on any atom is 0.329 e. The van der Waals surface area contributed by atoms with Crippen LogP contribution in [-0.4, -0.2) is 28.1 Å². The summed E-state index contributed by atoms with van der Waals surface area (Å²) in [7, 11) is 0. The van der Waals surface area contributed by atoms with Crippen LogP contribution in [0.3, 0.4) is 0 Å². The predicted molar refractivity (Wildman–Crippen MR) is 104 cm³/mol. The van der Waals surface area contributed by atoms with Gasteiger partial charge in [0, 0.05) is 10.9 Å². The van der Waals surface area contributed by atoms with E-state index in [2.05, 4.69) is 15.5 Å². The summed E-state index contributed by atoms with van der Waals surface area (Å²) in [4.78, 5) is 28.9. The Hall–Kier alpha value is -3.00. The highest BCUT2D eigenvalue weighted by Crippen LogP contribution is 2.19. The van der Waals surface area contributed by atoms with Gasteiger partial charge in [0.15, 0.2) is 6.61 Å². The van der Waals surface area contributed by atoms with Gasteiger partial charge in [-0.1, -0.05) is 49.3 Å². The predicted octanol–water partition coefficient (Wildman–Crippen LogP) is 3.22. The van der Waals surface area contributed by atoms with Crippen molar-refractivity contribution in [1.82, 2.24) is 15.5 Å². The lowest BCUT2D eigenvalue weighted by Crippen LogP contribution is -2.45. The second-order valence-electron chi connectivity index (χ2n) is 6.58. The molecule has 2 aromatic heterocycles. The van der Waals surface area contributed by atoms with Crippen molar-refractivity contribution < 1.29 is 18.8 Å². The first kappa shape index (κ1) is 19.8. The summed E-state index contributed by atoms with van der Waals surface area (Å²) in [5.41, 5.74) is 1.72. The molecule has 3 rings (SSSR count). The van der Waals surface area contributed by atoms with E-state index in [9.17, 15) is 9.59 Å². The first-order chi connectivity index (χ1) is 13.5. The Morgan fingerprint density at radius 3 is 2.68 bits per heavy atom. The van der Waals surface area contributed by atoms with Crippen LogP contribution in [0, 0.1) is 5.92 Å². The van der Waals surface area contributed by atoms with E-state index in [4.69, 9.17) is 9.26 Å². The quantitative estimate of drug-likeness (QED) is 0.585. The summed E-state index contributed by atoms with van der Waals surface area (Å²) in [5, 5.41) is 10.4. The van der Waals surface area contributed by atoms with Gasteiger partial charge in [0.05, 0.1) is 6.42 Å². The van der Waals surface area contributed by atoms with Gasteiger partial charge in [-0.25, -0.2) is 4.79 Å². The minimum absolute atomic E-state index is 0.128. The zero-order valence-electron chi connectivity index (χ0n) is 15.6. The van der Waals surface area contributed by atoms with Crippen molar-refractivity contribution in [2.75, 3.05) is 0 Å². The Balaban J connectivity index is 1.55. The fraction of sp³-hybridized carbons (Fsp3) is 0.300. The maximum absolute atomic E-state index is 12.5. The van der Waals surface area contributed by atoms with Crippen LogP contribution in [-0.2, 0) is 27.4 Å². The van der Waals surface area contributed by atoms with Gasteiger partial charge in [-0.15, -0.1) is 0 Å². The number of esters is 1. The summed E-state index contributed by atoms with van der Waals surface area (Å²) in [6.45, 7) is 3.54. The van der Waals surface area contributed by atoms with Gasteiger partial charge in [0.25, 0.3) is 5.89 Å². The lowest BCUT2D eigenvalue weighted by Gasteiger charge is -2.20. The van der Waals surface area contributed by atoms with E-state index in [1.807, 2.05) is 61.0 Å². The fourth-order valence-electron chi connectivity index (χ4n) is 2.55. The number of aromatic nitrogens is 2. The van der Waals surface area contributed by atoms with Crippen molar-refractivity contribution in [2.24, 2.45) is 5.92 Å². The molecule has 0 saturated heterocycles. The first-order valence-electron chi connectivity index (χ1n) is 8.88. The molecule has 146 valence electrons. The summed E-state index contributed by atoms with van der Waals surface area (Å²) in [6.07, 6.45) is 0.199. The van der Waals surface area contributed by atoms with Crippen molar-refractivity contribution in [3.63, 3.8) is 0 Å². The van der Waals surface area contributed by atoms with Gasteiger partial charge in [-0.3, -0.25) is 4.79 Å². The standard InChI is InChI=1S/C20H21N3O4S/c1-13(2)18(21-16(24)10-14-6-4-3-5-7-14)20(25)26-11-17-22-19(23-27-17)15-8-9-28-12-15/h3-9,12-13,18H,10-11H2,1-2H3,(H,21,24)/t18-/m1/s1. The van der Waals surface area contributed by atoms with E-state index < -0.39 is 12.0 Å². The van der Waals surface area contributed by atoms with Gasteiger partial charge < -0.3 is 14.6 Å². The highest BCUT2D eigenvalue weighted by Gasteiger charge is 2.26. The van der Waals surface area contributed by atoms with Gasteiger partial charge in [-0.2, -0.15) is 16.3 Å². The average molecular weight is 399 g/mol. The van der Waals surface area contributed by atoms with Gasteiger partial charge >= 0.3 is 5.97 Å². The molecule has 0 aliphatic carbocycles. The third-order valence-electron chi connectivity index (χ3n) is 4.03. The third kappa shape index (κ3) is 5.26. The third-order valence-corrected chi connectivity index (χ3v) is 4.71. The highest BCUT2D eigenvalue weighted by molar-refractivity contribution is 7.08. The molecule has 7 nitrogen and oxygen atoms in total. The molecule has 28 heavy (non-hydrogen) atoms. The van der Waals surface area contributed by atoms with Crippen LogP contribution in [0.2, 0.25) is 0 Å². The maximum atomic E-state index is 12.5. The molecule has 0 aliphatic rings. The molecule has 0 radical (unpaired) electrons. The van der Waals surface area contributed by atoms with Crippen molar-refractivity contribution in [3.8, 4) is 11.4 Å². The minimum Gasteiger partial charge on any atom is -0.454 e. The Labute approximate surface area is 166 Å². The second-order valence-corrected chi connectivity index (χ2v) is 7.36. The number of thiophene rings is 1. The van der Waals surface area contributed by atoms with Crippen molar-refractivity contribution in [1.29, 1.82) is 0 Å². The monoisotopic (exact) mass is 399 g/mol. The molecule has 1 aromatic carbocycles. The molecule has 2 heterocycles. The second kappa shape index (κ2) is 9.27. The average Bonchev–Trinajstić information content (AvgIpc) is 3.36. The zero-order chi connectivity index (χ0) is 19.9. The molecule has 0 aliphatic heterocycles. The molecule has 0 saturated carbocycles. The van der Waals surface area contributed by atoms with Crippen LogP contribution < -0.4 is 5.32 Å². The van der Waals surface area contributed by atoms with Gasteiger partial charge in [0.2, 0.25) is 11.7 Å². The molecule has 0 spiro atoms. The summed E-state index contributed by atoms with van der Waals surface area (Å²) in [5.74, 6) is -0.251. The Morgan fingerprint density at radius 2 is 2.00 bits per heavy atom. The summed E-state index contributed by atoms with van der Waals surface area (Å²) < 4.78 is 10.4. The number of amides is 1. The minimum atomic E-state index is -0.754. The normalized spacial score (nSPS) is 12.0. The van der Waals surface area contributed by atoms with E-state index in [1.165, 1.54) is 11.3 Å². The topological polar surface area (TPSA) is 94.3 Å². The van der Waals surface area contributed by atoms with Gasteiger partial charge in [0.1, 0.15) is 6.04 Å². The van der Waals surface area contributed by atoms with E-state index >= 15 is 0 Å². The summed E-state index contributed by atoms with van der Waals surface area (Å²) in [6, 6.07) is 10.5. The number of rotatable bonds is 8. The molecule has 1 amide bonds. The zero-order valence-corrected chi connectivity index (χ0v) is 16.4. The molecular weight excluding hydrogens is 378 g/mol. The molecule has 1 N–H and O–H groups in total. The Bertz CT molecular complexity index is 907. The van der Waals surface area contributed by atoms with E-state index in [1.54, 1.807) is 0 Å². The van der Waals surface area contributed by atoms with Crippen molar-refractivity contribution in [3.05, 3.63) is 58.6 Å². The van der Waals surface area contributed by atoms with Crippen LogP contribution in [0.1, 0.15) is 25.3 Å². The van der Waals surface area contributed by atoms with Crippen LogP contribution in [0.15, 0.2) is 51.7 Å². The fourth-order valence-corrected chi connectivity index (χ4v) is 3.18. The lowest BCUT2D eigenvalue weighted by molar-refractivity contribution is -0.151. The van der Waals surface area contributed by atoms with E-state index in [0.29, 0.717) is 5.82 Å². The number of nitrogens with zero attached hydrogens (tertiary/aromatic N) is 2.